The van der Waals surface area contributed by atoms with Crippen LogP contribution in [0.4, 0.5) is 5.95 Å². The van der Waals surface area contributed by atoms with E-state index in [1.807, 2.05) is 6.07 Å². The fraction of sp³-hybridized carbons (Fsp3) is 0.529. The van der Waals surface area contributed by atoms with Gasteiger partial charge in [-0.15, -0.1) is 0 Å². The van der Waals surface area contributed by atoms with Crippen LogP contribution in [0.3, 0.4) is 0 Å². The summed E-state index contributed by atoms with van der Waals surface area (Å²) in [5.74, 6) is 0.670. The average molecular weight is 326 g/mol. The summed E-state index contributed by atoms with van der Waals surface area (Å²) in [5, 5.41) is 10.5. The van der Waals surface area contributed by atoms with Crippen LogP contribution in [0.2, 0.25) is 0 Å². The Balaban J connectivity index is 1.43. The molecule has 2 aromatic rings. The number of carbonyl (C=O) groups excluding carboxylic acids is 1. The molecular formula is C17H22N6O. The Kier molecular flexibility index (Phi) is 4.15. The van der Waals surface area contributed by atoms with Crippen molar-refractivity contribution in [2.24, 2.45) is 0 Å². The molecule has 3 heterocycles. The number of H-pyrrole nitrogens is 1. The zero-order valence-corrected chi connectivity index (χ0v) is 13.7. The van der Waals surface area contributed by atoms with Crippen molar-refractivity contribution in [3.63, 3.8) is 0 Å². The fourth-order valence-corrected chi connectivity index (χ4v) is 3.65. The van der Waals surface area contributed by atoms with Crippen molar-refractivity contribution in [3.8, 4) is 0 Å². The van der Waals surface area contributed by atoms with Crippen LogP contribution in [0, 0.1) is 0 Å². The van der Waals surface area contributed by atoms with E-state index in [0.717, 1.165) is 62.4 Å². The summed E-state index contributed by atoms with van der Waals surface area (Å²) in [5.41, 5.74) is 2.82. The van der Waals surface area contributed by atoms with Crippen molar-refractivity contribution in [2.45, 2.75) is 44.6 Å². The minimum absolute atomic E-state index is 0.0600. The third-order valence-corrected chi connectivity index (χ3v) is 4.86. The minimum Gasteiger partial charge on any atom is -0.346 e. The normalized spacial score (nSPS) is 20.5. The van der Waals surface area contributed by atoms with Gasteiger partial charge < -0.3 is 10.2 Å². The summed E-state index contributed by atoms with van der Waals surface area (Å²) >= 11 is 0. The Bertz CT molecular complexity index is 713. The minimum atomic E-state index is -0.0600. The fourth-order valence-electron chi connectivity index (χ4n) is 3.65. The van der Waals surface area contributed by atoms with Crippen LogP contribution in [0.5, 0.6) is 0 Å². The van der Waals surface area contributed by atoms with Crippen molar-refractivity contribution in [1.29, 1.82) is 0 Å². The lowest BCUT2D eigenvalue weighted by Crippen LogP contribution is -2.48. The molecule has 0 saturated carbocycles. The molecule has 7 nitrogen and oxygen atoms in total. The molecule has 0 radical (unpaired) electrons. The molecular weight excluding hydrogens is 304 g/mol. The molecule has 2 aromatic heterocycles. The number of hydrogen-bond donors (Lipinski definition) is 2. The molecule has 0 bridgehead atoms. The summed E-state index contributed by atoms with van der Waals surface area (Å²) in [6.07, 6.45) is 9.74. The predicted octanol–water partition coefficient (Wildman–Crippen LogP) is 1.48. The number of nitrogens with zero attached hydrogens (tertiary/aromatic N) is 4. The second-order valence-corrected chi connectivity index (χ2v) is 6.54. The Hall–Kier alpha value is -2.44. The lowest BCUT2D eigenvalue weighted by molar-refractivity contribution is 0.0927. The van der Waals surface area contributed by atoms with Crippen molar-refractivity contribution < 1.29 is 4.79 Å². The molecule has 24 heavy (non-hydrogen) atoms. The number of nitrogens with one attached hydrogen (secondary N) is 2. The zero-order chi connectivity index (χ0) is 16.4. The molecule has 1 aliphatic heterocycles. The molecule has 4 rings (SSSR count). The molecule has 7 heteroatoms. The summed E-state index contributed by atoms with van der Waals surface area (Å²) < 4.78 is 0. The van der Waals surface area contributed by atoms with E-state index in [4.69, 9.17) is 0 Å². The molecule has 2 aliphatic rings. The molecule has 0 aromatic carbocycles. The van der Waals surface area contributed by atoms with E-state index in [1.165, 1.54) is 6.42 Å². The summed E-state index contributed by atoms with van der Waals surface area (Å²) in [6.45, 7) is 1.66. The van der Waals surface area contributed by atoms with Gasteiger partial charge in [0, 0.05) is 42.8 Å². The first-order chi connectivity index (χ1) is 11.8. The second kappa shape index (κ2) is 6.59. The van der Waals surface area contributed by atoms with Gasteiger partial charge in [0.15, 0.2) is 5.69 Å². The van der Waals surface area contributed by atoms with Gasteiger partial charge in [0.2, 0.25) is 5.95 Å². The van der Waals surface area contributed by atoms with E-state index < -0.39 is 0 Å². The van der Waals surface area contributed by atoms with Crippen LogP contribution in [0.25, 0.3) is 0 Å². The summed E-state index contributed by atoms with van der Waals surface area (Å²) in [7, 11) is 0. The first-order valence-electron chi connectivity index (χ1n) is 8.70. The van der Waals surface area contributed by atoms with Crippen LogP contribution in [0.15, 0.2) is 18.5 Å². The molecule has 126 valence electrons. The Morgan fingerprint density at radius 1 is 1.21 bits per heavy atom. The third kappa shape index (κ3) is 2.98. The van der Waals surface area contributed by atoms with E-state index in [9.17, 15) is 4.79 Å². The SMILES string of the molecule is O=C(N[C@H]1CCCN(c2ncccn2)C1)c1n[nH]c2c1CCCC2. The van der Waals surface area contributed by atoms with E-state index in [0.29, 0.717) is 5.69 Å². The van der Waals surface area contributed by atoms with Gasteiger partial charge >= 0.3 is 0 Å². The topological polar surface area (TPSA) is 86.8 Å². The average Bonchev–Trinajstić information content (AvgIpc) is 3.07. The van der Waals surface area contributed by atoms with Gasteiger partial charge in [-0.05, 0) is 44.6 Å². The van der Waals surface area contributed by atoms with Gasteiger partial charge in [0.05, 0.1) is 0 Å². The Labute approximate surface area is 140 Å². The molecule has 0 spiro atoms. The van der Waals surface area contributed by atoms with Gasteiger partial charge in [-0.25, -0.2) is 9.97 Å². The monoisotopic (exact) mass is 326 g/mol. The van der Waals surface area contributed by atoms with Gasteiger partial charge in [0.25, 0.3) is 5.91 Å². The number of piperidine rings is 1. The number of aromatic nitrogens is 4. The molecule has 1 saturated heterocycles. The largest absolute Gasteiger partial charge is 0.346 e. The van der Waals surface area contributed by atoms with Gasteiger partial charge in [-0.2, -0.15) is 5.10 Å². The molecule has 2 N–H and O–H groups in total. The first kappa shape index (κ1) is 15.1. The maximum absolute atomic E-state index is 12.6. The zero-order valence-electron chi connectivity index (χ0n) is 13.7. The van der Waals surface area contributed by atoms with E-state index >= 15 is 0 Å². The maximum atomic E-state index is 12.6. The Morgan fingerprint density at radius 2 is 2.04 bits per heavy atom. The van der Waals surface area contributed by atoms with Gasteiger partial charge in [-0.3, -0.25) is 9.89 Å². The van der Waals surface area contributed by atoms with Crippen LogP contribution >= 0.6 is 0 Å². The smallest absolute Gasteiger partial charge is 0.272 e. The molecule has 1 aliphatic carbocycles. The van der Waals surface area contributed by atoms with Crippen LogP contribution in [-0.4, -0.2) is 45.2 Å². The predicted molar refractivity (Wildman–Crippen MR) is 90.0 cm³/mol. The van der Waals surface area contributed by atoms with Crippen molar-refractivity contribution in [3.05, 3.63) is 35.4 Å². The van der Waals surface area contributed by atoms with E-state index in [-0.39, 0.29) is 11.9 Å². The van der Waals surface area contributed by atoms with Gasteiger partial charge in [-0.1, -0.05) is 0 Å². The number of aromatic amines is 1. The quantitative estimate of drug-likeness (QED) is 0.892. The van der Waals surface area contributed by atoms with Crippen LogP contribution < -0.4 is 10.2 Å². The van der Waals surface area contributed by atoms with E-state index in [1.54, 1.807) is 12.4 Å². The molecule has 1 atom stereocenters. The summed E-state index contributed by atoms with van der Waals surface area (Å²) in [4.78, 5) is 23.4. The second-order valence-electron chi connectivity index (χ2n) is 6.54. The van der Waals surface area contributed by atoms with Gasteiger partial charge in [0.1, 0.15) is 0 Å². The number of amides is 1. The number of anilines is 1. The third-order valence-electron chi connectivity index (χ3n) is 4.86. The van der Waals surface area contributed by atoms with E-state index in [2.05, 4.69) is 30.4 Å². The van der Waals surface area contributed by atoms with Crippen molar-refractivity contribution in [1.82, 2.24) is 25.5 Å². The summed E-state index contributed by atoms with van der Waals surface area (Å²) in [6, 6.07) is 1.92. The molecule has 1 fully saturated rings. The van der Waals surface area contributed by atoms with Crippen molar-refractivity contribution in [2.75, 3.05) is 18.0 Å². The van der Waals surface area contributed by atoms with Crippen LogP contribution in [-0.2, 0) is 12.8 Å². The highest BCUT2D eigenvalue weighted by Crippen LogP contribution is 2.22. The Morgan fingerprint density at radius 3 is 2.92 bits per heavy atom. The highest BCUT2D eigenvalue weighted by molar-refractivity contribution is 5.94. The first-order valence-corrected chi connectivity index (χ1v) is 8.70. The highest BCUT2D eigenvalue weighted by atomic mass is 16.2. The number of aryl methyl sites for hydroxylation is 1. The number of rotatable bonds is 3. The standard InChI is InChI=1S/C17H22N6O/c24-16(15-13-6-1-2-7-14(13)21-22-15)20-12-5-3-10-23(11-12)17-18-8-4-9-19-17/h4,8-9,12H,1-3,5-7,10-11H2,(H,20,24)(H,21,22)/t12-/m0/s1. The number of fused-ring (bicyclic) bond motifs is 1. The lowest BCUT2D eigenvalue weighted by Gasteiger charge is -2.33. The maximum Gasteiger partial charge on any atom is 0.272 e. The lowest BCUT2D eigenvalue weighted by atomic mass is 9.95. The molecule has 0 unspecified atom stereocenters. The molecule has 1 amide bonds. The number of carbonyl (C=O) groups is 1. The van der Waals surface area contributed by atoms with Crippen LogP contribution in [0.1, 0.15) is 47.4 Å². The highest BCUT2D eigenvalue weighted by Gasteiger charge is 2.26. The number of hydrogen-bond acceptors (Lipinski definition) is 5. The van der Waals surface area contributed by atoms with Crippen molar-refractivity contribution >= 4 is 11.9 Å².